The first kappa shape index (κ1) is 23.3. The molecule has 1 aromatic heterocycles. The van der Waals surface area contributed by atoms with Crippen molar-refractivity contribution in [3.05, 3.63) is 64.6 Å². The van der Waals surface area contributed by atoms with Gasteiger partial charge in [-0.1, -0.05) is 88.6 Å². The van der Waals surface area contributed by atoms with Gasteiger partial charge in [-0.3, -0.25) is 9.36 Å². The minimum absolute atomic E-state index is 0.0856. The maximum absolute atomic E-state index is 12.2. The van der Waals surface area contributed by atoms with E-state index in [9.17, 15) is 9.59 Å². The summed E-state index contributed by atoms with van der Waals surface area (Å²) in [4.78, 5) is 24.3. The van der Waals surface area contributed by atoms with Crippen molar-refractivity contribution in [1.82, 2.24) is 4.57 Å². The number of carbonyl (C=O) groups excluding carboxylic acids is 1. The summed E-state index contributed by atoms with van der Waals surface area (Å²) in [7, 11) is 0. The number of hydrogen-bond donors (Lipinski definition) is 0. The number of rotatable bonds is 13. The van der Waals surface area contributed by atoms with E-state index in [1.807, 2.05) is 48.5 Å². The zero-order valence-electron chi connectivity index (χ0n) is 19.6. The van der Waals surface area contributed by atoms with Crippen LogP contribution in [0.3, 0.4) is 0 Å². The van der Waals surface area contributed by atoms with Crippen molar-refractivity contribution in [2.75, 3.05) is 0 Å². The summed E-state index contributed by atoms with van der Waals surface area (Å²) in [6.07, 6.45) is 11.3. The number of fused-ring (bicyclic) bond motifs is 2. The van der Waals surface area contributed by atoms with Crippen LogP contribution < -0.4 is 10.5 Å². The molecule has 0 bridgehead atoms. The van der Waals surface area contributed by atoms with Gasteiger partial charge in [0, 0.05) is 12.1 Å². The predicted octanol–water partition coefficient (Wildman–Crippen LogP) is 6.83. The maximum Gasteiger partial charge on any atom is 0.419 e. The van der Waals surface area contributed by atoms with Crippen LogP contribution in [0.15, 0.2) is 57.7 Å². The van der Waals surface area contributed by atoms with E-state index in [1.54, 1.807) is 4.57 Å². The molecule has 3 aromatic rings. The third kappa shape index (κ3) is 5.76. The van der Waals surface area contributed by atoms with Crippen LogP contribution in [0.25, 0.3) is 11.1 Å². The fraction of sp³-hybridized carbons (Fsp3) is 0.500. The predicted molar refractivity (Wildman–Crippen MR) is 131 cm³/mol. The van der Waals surface area contributed by atoms with Gasteiger partial charge in [0.1, 0.15) is 5.75 Å². The van der Waals surface area contributed by atoms with Crippen molar-refractivity contribution in [2.24, 2.45) is 5.92 Å². The normalized spacial score (nSPS) is 16.2. The lowest BCUT2D eigenvalue weighted by molar-refractivity contribution is -0.134. The van der Waals surface area contributed by atoms with Gasteiger partial charge in [0.15, 0.2) is 5.58 Å². The molecule has 0 N–H and O–H groups in total. The van der Waals surface area contributed by atoms with Crippen LogP contribution in [0.5, 0.6) is 5.75 Å². The summed E-state index contributed by atoms with van der Waals surface area (Å²) in [5.41, 5.74) is 2.62. The van der Waals surface area contributed by atoms with Crippen LogP contribution >= 0.6 is 0 Å². The van der Waals surface area contributed by atoms with E-state index in [1.165, 1.54) is 38.5 Å². The van der Waals surface area contributed by atoms with Crippen LogP contribution in [-0.4, -0.2) is 10.5 Å². The van der Waals surface area contributed by atoms with E-state index in [4.69, 9.17) is 9.15 Å². The molecule has 2 unspecified atom stereocenters. The number of unbranched alkanes of at least 4 members (excludes halogenated alkanes) is 4. The highest BCUT2D eigenvalue weighted by molar-refractivity contribution is 5.85. The number of ether oxygens (including phenoxy) is 1. The van der Waals surface area contributed by atoms with E-state index in [0.29, 0.717) is 11.5 Å². The highest BCUT2D eigenvalue weighted by Crippen LogP contribution is 2.37. The molecule has 0 saturated carbocycles. The van der Waals surface area contributed by atoms with Gasteiger partial charge in [0.05, 0.1) is 11.4 Å². The minimum Gasteiger partial charge on any atom is -0.426 e. The van der Waals surface area contributed by atoms with E-state index >= 15 is 0 Å². The van der Waals surface area contributed by atoms with Crippen molar-refractivity contribution in [2.45, 2.75) is 83.6 Å². The van der Waals surface area contributed by atoms with E-state index < -0.39 is 0 Å². The molecule has 0 spiro atoms. The number of hydrogen-bond acceptors (Lipinski definition) is 4. The van der Waals surface area contributed by atoms with Crippen molar-refractivity contribution in [1.29, 1.82) is 0 Å². The summed E-state index contributed by atoms with van der Waals surface area (Å²) in [6, 6.07) is 15.4. The molecular formula is C28H35NO4. The average Bonchev–Trinajstić information content (AvgIpc) is 3.31. The van der Waals surface area contributed by atoms with Crippen molar-refractivity contribution >= 4 is 17.1 Å². The highest BCUT2D eigenvalue weighted by atomic mass is 16.5. The first-order valence-corrected chi connectivity index (χ1v) is 12.6. The molecule has 0 fully saturated rings. The Kier molecular flexibility index (Phi) is 8.03. The molecule has 1 aliphatic heterocycles. The first-order valence-electron chi connectivity index (χ1n) is 12.6. The molecule has 2 atom stereocenters. The highest BCUT2D eigenvalue weighted by Gasteiger charge is 2.31. The number of nitrogens with zero attached hydrogens (tertiary/aromatic N) is 1. The van der Waals surface area contributed by atoms with Crippen LogP contribution in [0.4, 0.5) is 0 Å². The zero-order valence-corrected chi connectivity index (χ0v) is 19.6. The third-order valence-corrected chi connectivity index (χ3v) is 6.93. The number of para-hydroxylation sites is 3. The first-order chi connectivity index (χ1) is 16.2. The molecule has 176 valence electrons. The number of aromatic nitrogens is 1. The Morgan fingerprint density at radius 1 is 0.879 bits per heavy atom. The lowest BCUT2D eigenvalue weighted by Gasteiger charge is -2.16. The molecule has 5 nitrogen and oxygen atoms in total. The fourth-order valence-corrected chi connectivity index (χ4v) is 5.13. The summed E-state index contributed by atoms with van der Waals surface area (Å²) in [5, 5.41) is 0. The van der Waals surface area contributed by atoms with Crippen molar-refractivity contribution in [3.63, 3.8) is 0 Å². The van der Waals surface area contributed by atoms with Gasteiger partial charge in [-0.15, -0.1) is 0 Å². The van der Waals surface area contributed by atoms with Gasteiger partial charge in [0.25, 0.3) is 0 Å². The molecule has 5 heteroatoms. The monoisotopic (exact) mass is 449 g/mol. The second-order valence-corrected chi connectivity index (χ2v) is 9.29. The quantitative estimate of drug-likeness (QED) is 0.163. The number of carbonyl (C=O) groups is 1. The van der Waals surface area contributed by atoms with Gasteiger partial charge in [0.2, 0.25) is 0 Å². The minimum atomic E-state index is -0.250. The second-order valence-electron chi connectivity index (χ2n) is 9.29. The summed E-state index contributed by atoms with van der Waals surface area (Å²) in [6.45, 7) is 2.96. The maximum atomic E-state index is 12.2. The Balaban J connectivity index is 1.15. The zero-order chi connectivity index (χ0) is 23.0. The second kappa shape index (κ2) is 11.4. The Labute approximate surface area is 195 Å². The summed E-state index contributed by atoms with van der Waals surface area (Å²) < 4.78 is 12.5. The number of oxazole rings is 1. The number of esters is 1. The van der Waals surface area contributed by atoms with Crippen LogP contribution in [0, 0.1) is 5.92 Å². The number of benzene rings is 2. The summed E-state index contributed by atoms with van der Waals surface area (Å²) >= 11 is 0. The van der Waals surface area contributed by atoms with Crippen LogP contribution in [-0.2, 0) is 11.3 Å². The van der Waals surface area contributed by atoms with Gasteiger partial charge in [-0.25, -0.2) is 4.79 Å². The molecule has 33 heavy (non-hydrogen) atoms. The third-order valence-electron chi connectivity index (χ3n) is 6.93. The Bertz CT molecular complexity index is 1110. The van der Waals surface area contributed by atoms with E-state index in [2.05, 4.69) is 6.92 Å². The molecule has 0 saturated heterocycles. The molecule has 0 amide bonds. The Morgan fingerprint density at radius 3 is 2.52 bits per heavy atom. The van der Waals surface area contributed by atoms with Crippen molar-refractivity contribution < 1.29 is 13.9 Å². The Morgan fingerprint density at radius 2 is 1.64 bits per heavy atom. The van der Waals surface area contributed by atoms with E-state index in [-0.39, 0.29) is 17.6 Å². The largest absolute Gasteiger partial charge is 0.426 e. The lowest BCUT2D eigenvalue weighted by atomic mass is 9.92. The Hall–Kier alpha value is -2.82. The van der Waals surface area contributed by atoms with Gasteiger partial charge in [-0.2, -0.15) is 0 Å². The average molecular weight is 450 g/mol. The smallest absolute Gasteiger partial charge is 0.419 e. The van der Waals surface area contributed by atoms with Gasteiger partial charge >= 0.3 is 11.7 Å². The van der Waals surface area contributed by atoms with E-state index in [0.717, 1.165) is 49.1 Å². The van der Waals surface area contributed by atoms with Crippen LogP contribution in [0.1, 0.15) is 82.6 Å². The molecule has 0 aliphatic carbocycles. The molecule has 2 aromatic carbocycles. The van der Waals surface area contributed by atoms with Gasteiger partial charge in [-0.05, 0) is 37.0 Å². The SMILES string of the molecule is CCCC(CCCCCCCC1C(=O)Oc2ccccc21)CCn1c(=O)oc2ccccc21. The fourth-order valence-electron chi connectivity index (χ4n) is 5.13. The molecule has 0 radical (unpaired) electrons. The summed E-state index contributed by atoms with van der Waals surface area (Å²) in [5.74, 6) is 0.946. The van der Waals surface area contributed by atoms with Crippen molar-refractivity contribution in [3.8, 4) is 5.75 Å². The van der Waals surface area contributed by atoms with Gasteiger partial charge < -0.3 is 9.15 Å². The molecule has 2 heterocycles. The molecule has 4 rings (SSSR count). The topological polar surface area (TPSA) is 61.4 Å². The van der Waals surface area contributed by atoms with Crippen LogP contribution in [0.2, 0.25) is 0 Å². The number of aryl methyl sites for hydroxylation is 1. The lowest BCUT2D eigenvalue weighted by Crippen LogP contribution is -2.16. The molecular weight excluding hydrogens is 414 g/mol. The standard InChI is InChI=1S/C28H35NO4/c1-2-12-21(19-20-29-24-16-9-11-18-26(24)33-28(29)31)13-6-4-3-5-7-15-23-22-14-8-10-17-25(22)32-27(23)30/h8-11,14,16-18,21,23H,2-7,12-13,15,19-20H2,1H3. The molecule has 1 aliphatic rings.